The largest absolute Gasteiger partial charge is 0.299 e. The quantitative estimate of drug-likeness (QED) is 0.260. The molecule has 34 heavy (non-hydrogen) atoms. The van der Waals surface area contributed by atoms with Gasteiger partial charge in [-0.15, -0.1) is 0 Å². The van der Waals surface area contributed by atoms with Crippen molar-refractivity contribution in [3.05, 3.63) is 95.6 Å². The predicted molar refractivity (Wildman–Crippen MR) is 141 cm³/mol. The van der Waals surface area contributed by atoms with Crippen LogP contribution in [-0.4, -0.2) is 9.55 Å². The molecule has 4 aromatic rings. The number of benzene rings is 3. The third kappa shape index (κ3) is 4.99. The van der Waals surface area contributed by atoms with E-state index in [1.807, 2.05) is 12.4 Å². The van der Waals surface area contributed by atoms with Crippen LogP contribution >= 0.6 is 0 Å². The van der Waals surface area contributed by atoms with E-state index < -0.39 is 0 Å². The van der Waals surface area contributed by atoms with Crippen LogP contribution in [0.1, 0.15) is 76.0 Å². The summed E-state index contributed by atoms with van der Waals surface area (Å²) in [6.45, 7) is 11.2. The van der Waals surface area contributed by atoms with Gasteiger partial charge in [0.25, 0.3) is 0 Å². The molecule has 176 valence electrons. The topological polar surface area (TPSA) is 17.8 Å². The molecule has 0 aliphatic rings. The van der Waals surface area contributed by atoms with Crippen LogP contribution in [0.25, 0.3) is 28.2 Å². The molecule has 0 bridgehead atoms. The first-order valence-corrected chi connectivity index (χ1v) is 12.5. The van der Waals surface area contributed by atoms with Gasteiger partial charge in [-0.25, -0.2) is 9.37 Å². The first-order chi connectivity index (χ1) is 16.4. The molecule has 0 aliphatic carbocycles. The zero-order valence-electron chi connectivity index (χ0n) is 21.0. The van der Waals surface area contributed by atoms with Crippen molar-refractivity contribution in [2.24, 2.45) is 0 Å². The fourth-order valence-electron chi connectivity index (χ4n) is 4.55. The Labute approximate surface area is 203 Å². The highest BCUT2D eigenvalue weighted by molar-refractivity contribution is 5.71. The second-order valence-electron chi connectivity index (χ2n) is 9.74. The Kier molecular flexibility index (Phi) is 7.31. The van der Waals surface area contributed by atoms with Crippen molar-refractivity contribution in [2.75, 3.05) is 0 Å². The summed E-state index contributed by atoms with van der Waals surface area (Å²) in [4.78, 5) is 4.65. The normalized spacial score (nSPS) is 11.5. The molecular formula is C31H35FN2. The zero-order valence-corrected chi connectivity index (χ0v) is 21.0. The van der Waals surface area contributed by atoms with Crippen molar-refractivity contribution in [2.45, 2.75) is 65.7 Å². The van der Waals surface area contributed by atoms with E-state index in [1.54, 1.807) is 12.1 Å². The van der Waals surface area contributed by atoms with Crippen molar-refractivity contribution in [3.8, 4) is 28.2 Å². The summed E-state index contributed by atoms with van der Waals surface area (Å²) in [7, 11) is 0. The highest BCUT2D eigenvalue weighted by Gasteiger charge is 2.20. The number of unbranched alkanes of at least 4 members (excludes halogenated alkanes) is 1. The first kappa shape index (κ1) is 23.9. The molecule has 0 unspecified atom stereocenters. The smallest absolute Gasteiger partial charge is 0.144 e. The number of aromatic nitrogens is 2. The molecule has 0 saturated heterocycles. The second-order valence-corrected chi connectivity index (χ2v) is 9.74. The molecule has 0 spiro atoms. The predicted octanol–water partition coefficient (Wildman–Crippen LogP) is 8.93. The average molecular weight is 455 g/mol. The molecule has 3 aromatic carbocycles. The summed E-state index contributed by atoms with van der Waals surface area (Å²) in [5.74, 6) is 1.26. The van der Waals surface area contributed by atoms with Gasteiger partial charge in [0.2, 0.25) is 0 Å². The van der Waals surface area contributed by atoms with Crippen LogP contribution in [-0.2, 0) is 6.42 Å². The molecule has 0 radical (unpaired) electrons. The van der Waals surface area contributed by atoms with Gasteiger partial charge >= 0.3 is 0 Å². The Morgan fingerprint density at radius 1 is 0.794 bits per heavy atom. The number of imidazole rings is 1. The van der Waals surface area contributed by atoms with Crippen LogP contribution in [0.3, 0.4) is 0 Å². The molecule has 0 fully saturated rings. The molecule has 0 N–H and O–H groups in total. The maximum Gasteiger partial charge on any atom is 0.144 e. The SMILES string of the molecule is CCCCc1ccc(-c2cc(C(C)C)c(-n3ccnc3-c3ccc(F)cc3)c(C(C)C)c2)cc1. The molecule has 4 rings (SSSR count). The molecule has 1 heterocycles. The van der Waals surface area contributed by atoms with E-state index in [1.165, 1.54) is 58.5 Å². The Morgan fingerprint density at radius 2 is 1.38 bits per heavy atom. The van der Waals surface area contributed by atoms with E-state index in [9.17, 15) is 4.39 Å². The number of nitrogens with zero attached hydrogens (tertiary/aromatic N) is 2. The summed E-state index contributed by atoms with van der Waals surface area (Å²) in [5.41, 5.74) is 8.57. The fourth-order valence-corrected chi connectivity index (χ4v) is 4.55. The monoisotopic (exact) mass is 454 g/mol. The summed E-state index contributed by atoms with van der Waals surface area (Å²) < 4.78 is 15.7. The van der Waals surface area contributed by atoms with Gasteiger partial charge in [-0.2, -0.15) is 0 Å². The summed E-state index contributed by atoms with van der Waals surface area (Å²) in [6, 6.07) is 20.3. The zero-order chi connectivity index (χ0) is 24.2. The number of aryl methyl sites for hydroxylation is 1. The van der Waals surface area contributed by atoms with Crippen molar-refractivity contribution < 1.29 is 4.39 Å². The van der Waals surface area contributed by atoms with E-state index in [0.717, 1.165) is 17.8 Å². The van der Waals surface area contributed by atoms with Crippen LogP contribution in [0.15, 0.2) is 73.1 Å². The molecule has 1 aromatic heterocycles. The van der Waals surface area contributed by atoms with Crippen LogP contribution in [0.4, 0.5) is 4.39 Å². The Hall–Kier alpha value is -3.20. The van der Waals surface area contributed by atoms with E-state index in [2.05, 4.69) is 80.6 Å². The number of rotatable bonds is 8. The fraction of sp³-hybridized carbons (Fsp3) is 0.323. The first-order valence-electron chi connectivity index (χ1n) is 12.5. The molecule has 0 saturated carbocycles. The van der Waals surface area contributed by atoms with Gasteiger partial charge in [-0.05, 0) is 88.9 Å². The number of hydrogen-bond donors (Lipinski definition) is 0. The van der Waals surface area contributed by atoms with Gasteiger partial charge in [0, 0.05) is 18.0 Å². The van der Waals surface area contributed by atoms with Gasteiger partial charge in [0.1, 0.15) is 11.6 Å². The van der Waals surface area contributed by atoms with Crippen molar-refractivity contribution in [3.63, 3.8) is 0 Å². The lowest BCUT2D eigenvalue weighted by atomic mass is 9.88. The minimum absolute atomic E-state index is 0.238. The van der Waals surface area contributed by atoms with Gasteiger partial charge < -0.3 is 0 Å². The number of hydrogen-bond acceptors (Lipinski definition) is 1. The highest BCUT2D eigenvalue weighted by atomic mass is 19.1. The van der Waals surface area contributed by atoms with Crippen molar-refractivity contribution in [1.82, 2.24) is 9.55 Å². The molecule has 0 atom stereocenters. The lowest BCUT2D eigenvalue weighted by molar-refractivity contribution is 0.628. The Bertz CT molecular complexity index is 1200. The maximum atomic E-state index is 13.6. The Morgan fingerprint density at radius 3 is 1.94 bits per heavy atom. The van der Waals surface area contributed by atoms with E-state index in [4.69, 9.17) is 0 Å². The van der Waals surface area contributed by atoms with E-state index >= 15 is 0 Å². The summed E-state index contributed by atoms with van der Waals surface area (Å²) >= 11 is 0. The van der Waals surface area contributed by atoms with Crippen molar-refractivity contribution >= 4 is 0 Å². The molecule has 0 amide bonds. The minimum atomic E-state index is -0.238. The number of halogens is 1. The third-order valence-electron chi connectivity index (χ3n) is 6.50. The standard InChI is InChI=1S/C31H35FN2/c1-6-7-8-23-9-11-24(12-10-23)26-19-28(21(2)3)30(29(20-26)22(4)5)34-18-17-33-31(34)25-13-15-27(32)16-14-25/h9-22H,6-8H2,1-5H3. The molecule has 2 nitrogen and oxygen atoms in total. The molecular weight excluding hydrogens is 419 g/mol. The lowest BCUT2D eigenvalue weighted by Gasteiger charge is -2.24. The summed E-state index contributed by atoms with van der Waals surface area (Å²) in [5, 5.41) is 0. The molecule has 0 aliphatic heterocycles. The van der Waals surface area contributed by atoms with Crippen LogP contribution in [0, 0.1) is 5.82 Å². The van der Waals surface area contributed by atoms with Gasteiger partial charge in [0.05, 0.1) is 5.69 Å². The minimum Gasteiger partial charge on any atom is -0.299 e. The average Bonchev–Trinajstić information content (AvgIpc) is 3.32. The van der Waals surface area contributed by atoms with E-state index in [0.29, 0.717) is 11.8 Å². The summed E-state index contributed by atoms with van der Waals surface area (Å²) in [6.07, 6.45) is 7.43. The van der Waals surface area contributed by atoms with Crippen molar-refractivity contribution in [1.29, 1.82) is 0 Å². The van der Waals surface area contributed by atoms with Gasteiger partial charge in [-0.3, -0.25) is 4.57 Å². The van der Waals surface area contributed by atoms with E-state index in [-0.39, 0.29) is 5.82 Å². The lowest BCUT2D eigenvalue weighted by Crippen LogP contribution is -2.08. The Balaban J connectivity index is 1.85. The van der Waals surface area contributed by atoms with Gasteiger partial charge in [-0.1, -0.05) is 65.3 Å². The second kappa shape index (κ2) is 10.4. The molecule has 3 heteroatoms. The van der Waals surface area contributed by atoms with Gasteiger partial charge in [0.15, 0.2) is 0 Å². The third-order valence-corrected chi connectivity index (χ3v) is 6.50. The highest BCUT2D eigenvalue weighted by Crippen LogP contribution is 2.38. The maximum absolute atomic E-state index is 13.6. The van der Waals surface area contributed by atoms with Crippen LogP contribution in [0.2, 0.25) is 0 Å². The van der Waals surface area contributed by atoms with Crippen LogP contribution in [0.5, 0.6) is 0 Å². The van der Waals surface area contributed by atoms with Crippen LogP contribution < -0.4 is 0 Å².